The van der Waals surface area contributed by atoms with Crippen LogP contribution in [-0.4, -0.2) is 112 Å². The van der Waals surface area contributed by atoms with E-state index in [-0.39, 0.29) is 60.8 Å². The summed E-state index contributed by atoms with van der Waals surface area (Å²) in [6, 6.07) is 3.15. The number of aliphatic hydroxyl groups is 3. The molecule has 0 aliphatic carbocycles. The third kappa shape index (κ3) is 9.09. The van der Waals surface area contributed by atoms with E-state index in [4.69, 9.17) is 28.3 Å². The number of nitrogens with zero attached hydrogens (tertiary/aromatic N) is 3. The number of rotatable bonds is 5. The van der Waals surface area contributed by atoms with Gasteiger partial charge in [0, 0.05) is 105 Å². The van der Waals surface area contributed by atoms with Crippen LogP contribution in [0.2, 0.25) is 0 Å². The Hall–Kier alpha value is -6.01. The Kier molecular flexibility index (Phi) is 14.1. The van der Waals surface area contributed by atoms with E-state index >= 15 is 0 Å². The minimum Gasteiger partial charge on any atom is -0.507 e. The number of allylic oxidation sites excluding steroid dienone is 2. The molecular weight excluding hydrogens is 865 g/mol. The highest BCUT2D eigenvalue weighted by Crippen LogP contribution is 2.42. The fraction of sp³-hybridized carbons (Fsp3) is 0.500. The standard InChI is InChI=1S/C50H62N4O13/c1-11-16-53-17-19-54(20-18-53)31-22-32(56)38-34(23-31)66-47-39(51-38)35-36-43(59)29(7)46-37(35)48(61)50(9,67-46)64-21-15-33(63-10)26(4)45(65-30(8)55)28(6)42(58)27(5)41(57)24(2)13-12-14-25(3)49(62)52-40(47)44(36)60/h12-15,21-24,26-28,33,41-42,45,57-59,61H,11,16-20H2,1-10H3,(H,52,62)/b13-12+,21-15+,25-14-/t24-,26+,27+,28+,33-,41-,42+,45+,50-/m0/s1. The Morgan fingerprint density at radius 3 is 2.31 bits per heavy atom. The van der Waals surface area contributed by atoms with Gasteiger partial charge in [-0.25, -0.2) is 4.98 Å². The van der Waals surface area contributed by atoms with E-state index in [0.717, 1.165) is 26.1 Å². The molecule has 67 heavy (non-hydrogen) atoms. The Labute approximate surface area is 387 Å². The number of aromatic nitrogens is 1. The van der Waals surface area contributed by atoms with Crippen molar-refractivity contribution in [3.63, 3.8) is 0 Å². The second-order valence-corrected chi connectivity index (χ2v) is 18.4. The zero-order chi connectivity index (χ0) is 48.8. The molecule has 360 valence electrons. The number of methoxy groups -OCH3 is 1. The molecule has 0 saturated carbocycles. The number of carbonyl (C=O) groups is 2. The van der Waals surface area contributed by atoms with E-state index in [2.05, 4.69) is 22.0 Å². The second-order valence-electron chi connectivity index (χ2n) is 18.4. The number of benzene rings is 3. The number of phenolic OH excluding ortho intramolecular Hbond substituents is 1. The number of hydrogen-bond acceptors (Lipinski definition) is 16. The zero-order valence-electron chi connectivity index (χ0n) is 39.7. The number of ether oxygens (including phenoxy) is 4. The maximum atomic E-state index is 14.9. The number of nitrogens with one attached hydrogen (secondary N) is 1. The first kappa shape index (κ1) is 48.9. The Balaban J connectivity index is 1.46. The predicted molar refractivity (Wildman–Crippen MR) is 254 cm³/mol. The summed E-state index contributed by atoms with van der Waals surface area (Å²) in [4.78, 5) is 64.6. The average Bonchev–Trinajstić information content (AvgIpc) is 3.56. The first-order valence-corrected chi connectivity index (χ1v) is 22.8. The van der Waals surface area contributed by atoms with Gasteiger partial charge in [-0.15, -0.1) is 0 Å². The van der Waals surface area contributed by atoms with Crippen LogP contribution in [-0.2, 0) is 23.8 Å². The largest absolute Gasteiger partial charge is 0.507 e. The van der Waals surface area contributed by atoms with Gasteiger partial charge in [0.15, 0.2) is 22.4 Å². The molecule has 4 heterocycles. The predicted octanol–water partition coefficient (Wildman–Crippen LogP) is 5.09. The highest BCUT2D eigenvalue weighted by atomic mass is 16.7. The number of phenols is 1. The van der Waals surface area contributed by atoms with Crippen molar-refractivity contribution >= 4 is 62.0 Å². The maximum absolute atomic E-state index is 14.9. The van der Waals surface area contributed by atoms with Gasteiger partial charge in [-0.05, 0) is 32.9 Å². The highest BCUT2D eigenvalue weighted by Gasteiger charge is 2.44. The molecule has 0 unspecified atom stereocenters. The van der Waals surface area contributed by atoms with Crippen molar-refractivity contribution < 1.29 is 53.4 Å². The van der Waals surface area contributed by atoms with Crippen LogP contribution in [0.15, 0.2) is 62.3 Å². The van der Waals surface area contributed by atoms with Crippen molar-refractivity contribution in [2.24, 2.45) is 23.7 Å². The van der Waals surface area contributed by atoms with Crippen molar-refractivity contribution in [1.29, 1.82) is 0 Å². The van der Waals surface area contributed by atoms with Crippen molar-refractivity contribution in [2.75, 3.05) is 50.1 Å². The molecule has 1 amide bonds. The van der Waals surface area contributed by atoms with E-state index in [1.165, 1.54) is 59.3 Å². The third-order valence-electron chi connectivity index (χ3n) is 13.7. The fourth-order valence-electron chi connectivity index (χ4n) is 9.61. The normalized spacial score (nSPS) is 29.7. The lowest BCUT2D eigenvalue weighted by atomic mass is 9.78. The van der Waals surface area contributed by atoms with Gasteiger partial charge in [0.2, 0.25) is 10.9 Å². The van der Waals surface area contributed by atoms with Gasteiger partial charge in [-0.3, -0.25) is 24.1 Å². The minimum absolute atomic E-state index is 0.0403. The third-order valence-corrected chi connectivity index (χ3v) is 13.7. The molecule has 4 aromatic rings. The number of esters is 1. The van der Waals surface area contributed by atoms with Crippen LogP contribution in [0.5, 0.6) is 11.5 Å². The molecule has 3 aliphatic heterocycles. The summed E-state index contributed by atoms with van der Waals surface area (Å²) in [5, 5.41) is 49.3. The summed E-state index contributed by atoms with van der Waals surface area (Å²) < 4.78 is 30.5. The number of amides is 1. The molecule has 1 saturated heterocycles. The molecule has 17 heteroatoms. The lowest BCUT2D eigenvalue weighted by Crippen LogP contribution is -2.46. The van der Waals surface area contributed by atoms with E-state index in [9.17, 15) is 39.6 Å². The summed E-state index contributed by atoms with van der Waals surface area (Å²) in [6.45, 7) is 18.6. The average molecular weight is 927 g/mol. The van der Waals surface area contributed by atoms with Crippen LogP contribution in [0.3, 0.4) is 0 Å². The van der Waals surface area contributed by atoms with Crippen molar-refractivity contribution in [3.8, 4) is 11.5 Å². The van der Waals surface area contributed by atoms with E-state index < -0.39 is 88.1 Å². The first-order valence-electron chi connectivity index (χ1n) is 22.8. The van der Waals surface area contributed by atoms with Gasteiger partial charge in [-0.1, -0.05) is 52.8 Å². The molecule has 9 atom stereocenters. The van der Waals surface area contributed by atoms with Crippen molar-refractivity contribution in [1.82, 2.24) is 9.88 Å². The Morgan fingerprint density at radius 2 is 1.66 bits per heavy atom. The summed E-state index contributed by atoms with van der Waals surface area (Å²) in [5.41, 5.74) is -1.34. The molecule has 1 fully saturated rings. The maximum Gasteiger partial charge on any atom is 0.307 e. The molecule has 0 radical (unpaired) electrons. The van der Waals surface area contributed by atoms with Crippen molar-refractivity contribution in [2.45, 2.75) is 98.9 Å². The van der Waals surface area contributed by atoms with Gasteiger partial charge in [0.05, 0.1) is 35.2 Å². The van der Waals surface area contributed by atoms with Gasteiger partial charge >= 0.3 is 11.8 Å². The van der Waals surface area contributed by atoms with Gasteiger partial charge in [-0.2, -0.15) is 0 Å². The quantitative estimate of drug-likeness (QED) is 0.0997. The number of hydrogen-bond donors (Lipinski definition) is 5. The molecule has 5 N–H and O–H groups in total. The molecule has 3 aliphatic rings. The minimum atomic E-state index is -1.98. The molecule has 1 aromatic heterocycles. The summed E-state index contributed by atoms with van der Waals surface area (Å²) >= 11 is 0. The van der Waals surface area contributed by atoms with Gasteiger partial charge in [0.1, 0.15) is 28.8 Å². The number of anilines is 2. The smallest absolute Gasteiger partial charge is 0.307 e. The molecule has 3 aromatic carbocycles. The summed E-state index contributed by atoms with van der Waals surface area (Å²) in [6.07, 6.45) is 4.59. The Bertz CT molecular complexity index is 2870. The summed E-state index contributed by atoms with van der Waals surface area (Å²) in [5.74, 6) is -6.92. The number of fused-ring (bicyclic) bond motifs is 5. The van der Waals surface area contributed by atoms with Crippen LogP contribution in [0.25, 0.3) is 38.7 Å². The van der Waals surface area contributed by atoms with Crippen LogP contribution in [0.1, 0.15) is 67.4 Å². The lowest BCUT2D eigenvalue weighted by Gasteiger charge is -2.38. The number of aromatic hydroxyl groups is 1. The van der Waals surface area contributed by atoms with Crippen LogP contribution < -0.4 is 31.0 Å². The fourth-order valence-corrected chi connectivity index (χ4v) is 9.61. The summed E-state index contributed by atoms with van der Waals surface area (Å²) in [7, 11) is 1.45. The number of aliphatic hydroxyl groups excluding tert-OH is 3. The SMILES string of the molecule is CCCN1CCN(c2cc(=O)c3nc4c(oc3c2)c2c(=O)c3c(O)c(C)c5c(c34)=C(O)[C@@](C)(O/C=C/[C@H](OC)[C@@H](C)[C@@H](OC(C)=O)[C@H](C)[C@H](O)[C@H](C)[C@@H](O)[C@@H](C)/C=C/C=C(/C)C(=O)N2)O5)CC1. The van der Waals surface area contributed by atoms with E-state index in [1.54, 1.807) is 45.9 Å². The Morgan fingerprint density at radius 1 is 0.955 bits per heavy atom. The molecular formula is C50H62N4O13. The van der Waals surface area contributed by atoms with Gasteiger partial charge < -0.3 is 54.0 Å². The number of carbonyl (C=O) groups excluding carboxylic acids is 2. The van der Waals surface area contributed by atoms with Crippen LogP contribution >= 0.6 is 0 Å². The van der Waals surface area contributed by atoms with Gasteiger partial charge in [0.25, 0.3) is 5.91 Å². The highest BCUT2D eigenvalue weighted by molar-refractivity contribution is 6.16. The monoisotopic (exact) mass is 926 g/mol. The van der Waals surface area contributed by atoms with E-state index in [1.807, 2.05) is 0 Å². The van der Waals surface area contributed by atoms with Crippen molar-refractivity contribution in [3.05, 3.63) is 79.5 Å². The van der Waals surface area contributed by atoms with E-state index in [0.29, 0.717) is 18.8 Å². The number of piperazine rings is 1. The molecule has 17 nitrogen and oxygen atoms in total. The van der Waals surface area contributed by atoms with Crippen LogP contribution in [0, 0.1) is 30.6 Å². The molecule has 5 bridgehead atoms. The molecule has 7 rings (SSSR count). The van der Waals surface area contributed by atoms with Crippen LogP contribution in [0.4, 0.5) is 11.4 Å². The lowest BCUT2D eigenvalue weighted by molar-refractivity contribution is -0.160. The second kappa shape index (κ2) is 19.3. The topological polar surface area (TPSA) is 231 Å². The molecule has 0 spiro atoms. The zero-order valence-corrected chi connectivity index (χ0v) is 39.7. The first-order chi connectivity index (χ1) is 31.7.